The third kappa shape index (κ3) is 3.06. The summed E-state index contributed by atoms with van der Waals surface area (Å²) in [6.45, 7) is 5.02. The van der Waals surface area contributed by atoms with Crippen molar-refractivity contribution in [3.8, 4) is 0 Å². The van der Waals surface area contributed by atoms with Crippen molar-refractivity contribution >= 4 is 0 Å². The van der Waals surface area contributed by atoms with Crippen LogP contribution in [0, 0.1) is 11.6 Å². The summed E-state index contributed by atoms with van der Waals surface area (Å²) in [7, 11) is 0. The Kier molecular flexibility index (Phi) is 4.30. The van der Waals surface area contributed by atoms with Crippen LogP contribution in [0.25, 0.3) is 0 Å². The molecule has 0 amide bonds. The van der Waals surface area contributed by atoms with E-state index in [-0.39, 0.29) is 6.04 Å². The standard InChI is InChI=1S/C14H20F2N2/c1-9(2)18-10-6-7-17-13(8-10)11-4-3-5-12(15)14(11)16/h3-5,9-10,13,17-18H,6-8H2,1-2H3/t10-,13+/m1/s1. The molecule has 100 valence electrons. The average molecular weight is 254 g/mol. The van der Waals surface area contributed by atoms with Gasteiger partial charge in [-0.15, -0.1) is 0 Å². The van der Waals surface area contributed by atoms with Gasteiger partial charge in [-0.25, -0.2) is 8.78 Å². The van der Waals surface area contributed by atoms with Gasteiger partial charge in [0.2, 0.25) is 0 Å². The third-order valence-electron chi connectivity index (χ3n) is 3.33. The van der Waals surface area contributed by atoms with Crippen LogP contribution in [0.4, 0.5) is 8.78 Å². The number of piperidine rings is 1. The molecule has 1 aromatic carbocycles. The van der Waals surface area contributed by atoms with E-state index in [0.29, 0.717) is 17.6 Å². The van der Waals surface area contributed by atoms with Crippen LogP contribution in [0.15, 0.2) is 18.2 Å². The molecule has 2 N–H and O–H groups in total. The van der Waals surface area contributed by atoms with E-state index in [1.165, 1.54) is 0 Å². The normalized spacial score (nSPS) is 24.5. The van der Waals surface area contributed by atoms with E-state index < -0.39 is 11.6 Å². The number of hydrogen-bond donors (Lipinski definition) is 2. The minimum atomic E-state index is -0.770. The highest BCUT2D eigenvalue weighted by Gasteiger charge is 2.25. The molecule has 1 aliphatic rings. The fourth-order valence-electron chi connectivity index (χ4n) is 2.57. The first-order valence-corrected chi connectivity index (χ1v) is 6.51. The zero-order valence-electron chi connectivity index (χ0n) is 10.8. The largest absolute Gasteiger partial charge is 0.312 e. The van der Waals surface area contributed by atoms with Crippen molar-refractivity contribution in [2.75, 3.05) is 6.54 Å². The second-order valence-corrected chi connectivity index (χ2v) is 5.19. The van der Waals surface area contributed by atoms with Gasteiger partial charge >= 0.3 is 0 Å². The minimum Gasteiger partial charge on any atom is -0.312 e. The molecule has 0 aromatic heterocycles. The summed E-state index contributed by atoms with van der Waals surface area (Å²) in [5.41, 5.74) is 0.435. The lowest BCUT2D eigenvalue weighted by molar-refractivity contribution is 0.302. The molecule has 1 aliphatic heterocycles. The lowest BCUT2D eigenvalue weighted by Gasteiger charge is -2.32. The van der Waals surface area contributed by atoms with Crippen molar-refractivity contribution in [1.29, 1.82) is 0 Å². The zero-order chi connectivity index (χ0) is 13.1. The molecule has 1 saturated heterocycles. The summed E-state index contributed by atoms with van der Waals surface area (Å²) >= 11 is 0. The summed E-state index contributed by atoms with van der Waals surface area (Å²) in [6.07, 6.45) is 1.81. The second kappa shape index (κ2) is 5.76. The van der Waals surface area contributed by atoms with Gasteiger partial charge in [0.1, 0.15) is 0 Å². The molecule has 1 fully saturated rings. The maximum atomic E-state index is 13.7. The Balaban J connectivity index is 2.11. The van der Waals surface area contributed by atoms with Crippen molar-refractivity contribution in [2.24, 2.45) is 0 Å². The predicted octanol–water partition coefficient (Wildman–Crippen LogP) is 2.76. The Hall–Kier alpha value is -1.00. The van der Waals surface area contributed by atoms with Crippen molar-refractivity contribution in [3.05, 3.63) is 35.4 Å². The van der Waals surface area contributed by atoms with Crippen LogP contribution in [-0.4, -0.2) is 18.6 Å². The highest BCUT2D eigenvalue weighted by molar-refractivity contribution is 5.23. The molecule has 0 radical (unpaired) electrons. The highest BCUT2D eigenvalue weighted by Crippen LogP contribution is 2.26. The first-order valence-electron chi connectivity index (χ1n) is 6.51. The summed E-state index contributed by atoms with van der Waals surface area (Å²) < 4.78 is 27.0. The Labute approximate surface area is 107 Å². The summed E-state index contributed by atoms with van der Waals surface area (Å²) in [4.78, 5) is 0. The van der Waals surface area contributed by atoms with E-state index in [1.807, 2.05) is 0 Å². The molecule has 4 heteroatoms. The Bertz CT molecular complexity index is 407. The van der Waals surface area contributed by atoms with Gasteiger partial charge in [0, 0.05) is 23.7 Å². The third-order valence-corrected chi connectivity index (χ3v) is 3.33. The smallest absolute Gasteiger partial charge is 0.163 e. The average Bonchev–Trinajstić information content (AvgIpc) is 2.32. The lowest BCUT2D eigenvalue weighted by Crippen LogP contribution is -2.44. The quantitative estimate of drug-likeness (QED) is 0.866. The molecular weight excluding hydrogens is 234 g/mol. The second-order valence-electron chi connectivity index (χ2n) is 5.19. The van der Waals surface area contributed by atoms with Crippen molar-refractivity contribution in [3.63, 3.8) is 0 Å². The molecule has 1 aromatic rings. The summed E-state index contributed by atoms with van der Waals surface area (Å²) in [6, 6.07) is 5.05. The van der Waals surface area contributed by atoms with Gasteiger partial charge in [-0.1, -0.05) is 26.0 Å². The molecule has 2 nitrogen and oxygen atoms in total. The molecule has 0 bridgehead atoms. The van der Waals surface area contributed by atoms with Gasteiger partial charge in [0.15, 0.2) is 11.6 Å². The molecule has 0 saturated carbocycles. The van der Waals surface area contributed by atoms with E-state index in [2.05, 4.69) is 24.5 Å². The fourth-order valence-corrected chi connectivity index (χ4v) is 2.57. The molecule has 0 aliphatic carbocycles. The molecule has 0 spiro atoms. The van der Waals surface area contributed by atoms with Gasteiger partial charge in [-0.05, 0) is 25.5 Å². The number of nitrogens with one attached hydrogen (secondary N) is 2. The summed E-state index contributed by atoms with van der Waals surface area (Å²) in [5.74, 6) is -1.49. The van der Waals surface area contributed by atoms with E-state index >= 15 is 0 Å². The topological polar surface area (TPSA) is 24.1 Å². The van der Waals surface area contributed by atoms with E-state index in [0.717, 1.165) is 25.5 Å². The van der Waals surface area contributed by atoms with Crippen LogP contribution < -0.4 is 10.6 Å². The maximum Gasteiger partial charge on any atom is 0.163 e. The van der Waals surface area contributed by atoms with Crippen molar-refractivity contribution < 1.29 is 8.78 Å². The van der Waals surface area contributed by atoms with Gasteiger partial charge in [0.25, 0.3) is 0 Å². The number of benzene rings is 1. The molecule has 2 atom stereocenters. The Morgan fingerprint density at radius 1 is 1.33 bits per heavy atom. The Morgan fingerprint density at radius 3 is 2.83 bits per heavy atom. The highest BCUT2D eigenvalue weighted by atomic mass is 19.2. The predicted molar refractivity (Wildman–Crippen MR) is 68.4 cm³/mol. The number of halogens is 2. The van der Waals surface area contributed by atoms with Crippen LogP contribution >= 0.6 is 0 Å². The maximum absolute atomic E-state index is 13.7. The Morgan fingerprint density at radius 2 is 2.11 bits per heavy atom. The summed E-state index contributed by atoms with van der Waals surface area (Å²) in [5, 5.41) is 6.72. The molecule has 0 unspecified atom stereocenters. The van der Waals surface area contributed by atoms with Gasteiger partial charge in [-0.2, -0.15) is 0 Å². The van der Waals surface area contributed by atoms with Gasteiger partial charge < -0.3 is 10.6 Å². The van der Waals surface area contributed by atoms with Crippen molar-refractivity contribution in [1.82, 2.24) is 10.6 Å². The van der Waals surface area contributed by atoms with Crippen LogP contribution in [0.5, 0.6) is 0 Å². The van der Waals surface area contributed by atoms with Crippen LogP contribution in [-0.2, 0) is 0 Å². The minimum absolute atomic E-state index is 0.106. The lowest BCUT2D eigenvalue weighted by atomic mass is 9.93. The first kappa shape index (κ1) is 13.4. The monoisotopic (exact) mass is 254 g/mol. The molecule has 18 heavy (non-hydrogen) atoms. The number of rotatable bonds is 3. The van der Waals surface area contributed by atoms with Crippen LogP contribution in [0.3, 0.4) is 0 Å². The van der Waals surface area contributed by atoms with Gasteiger partial charge in [-0.3, -0.25) is 0 Å². The van der Waals surface area contributed by atoms with Gasteiger partial charge in [0.05, 0.1) is 0 Å². The number of hydrogen-bond acceptors (Lipinski definition) is 2. The van der Waals surface area contributed by atoms with Crippen LogP contribution in [0.2, 0.25) is 0 Å². The van der Waals surface area contributed by atoms with E-state index in [9.17, 15) is 8.78 Å². The fraction of sp³-hybridized carbons (Fsp3) is 0.571. The van der Waals surface area contributed by atoms with E-state index in [1.54, 1.807) is 12.1 Å². The molecule has 2 rings (SSSR count). The van der Waals surface area contributed by atoms with Crippen molar-refractivity contribution in [2.45, 2.75) is 44.8 Å². The van der Waals surface area contributed by atoms with Crippen LogP contribution in [0.1, 0.15) is 38.3 Å². The SMILES string of the molecule is CC(C)N[C@@H]1CCN[C@H](c2cccc(F)c2F)C1. The molecular formula is C14H20F2N2. The first-order chi connectivity index (χ1) is 8.58. The van der Waals surface area contributed by atoms with E-state index in [4.69, 9.17) is 0 Å². The zero-order valence-corrected chi connectivity index (χ0v) is 10.8. The molecule has 1 heterocycles.